The topological polar surface area (TPSA) is 65.3 Å². The molecule has 0 radical (unpaired) electrons. The molecule has 9 heteroatoms. The van der Waals surface area contributed by atoms with Gasteiger partial charge in [0.25, 0.3) is 0 Å². The Morgan fingerprint density at radius 1 is 1.06 bits per heavy atom. The Kier molecular flexibility index (Phi) is 5.04. The molecule has 0 aromatic heterocycles. The van der Waals surface area contributed by atoms with Gasteiger partial charge in [0.15, 0.2) is 0 Å². The maximum Gasteiger partial charge on any atom is 0.339 e. The van der Waals surface area contributed by atoms with Crippen LogP contribution in [0.1, 0.15) is 10.4 Å². The molecule has 0 aliphatic carbocycles. The van der Waals surface area contributed by atoms with E-state index in [2.05, 4.69) is 10.3 Å². The third-order valence-corrected chi connectivity index (χ3v) is 3.57. The second-order valence-corrected chi connectivity index (χ2v) is 4.83. The first kappa shape index (κ1) is 15.3. The van der Waals surface area contributed by atoms with E-state index in [9.17, 15) is 4.79 Å². The first-order valence-electron chi connectivity index (χ1n) is 4.45. The van der Waals surface area contributed by atoms with Crippen molar-refractivity contribution < 1.29 is 9.90 Å². The highest BCUT2D eigenvalue weighted by atomic mass is 35.5. The van der Waals surface area contributed by atoms with Crippen LogP contribution in [0.15, 0.2) is 10.3 Å². The van der Waals surface area contributed by atoms with E-state index >= 15 is 0 Å². The zero-order chi connectivity index (χ0) is 14.0. The van der Waals surface area contributed by atoms with Crippen molar-refractivity contribution in [2.75, 3.05) is 14.1 Å². The lowest BCUT2D eigenvalue weighted by Gasteiger charge is -2.10. The lowest BCUT2D eigenvalue weighted by atomic mass is 10.2. The second-order valence-electron chi connectivity index (χ2n) is 3.32. The van der Waals surface area contributed by atoms with Crippen LogP contribution in [0.3, 0.4) is 0 Å². The lowest BCUT2D eigenvalue weighted by Crippen LogP contribution is -2.02. The van der Waals surface area contributed by atoms with Crippen LogP contribution in [-0.4, -0.2) is 30.2 Å². The standard InChI is InChI=1S/C9H7Cl4N3O2/c1-16(2)15-14-8-3(9(17)18)4(10)5(11)6(12)7(8)13/h1-2H3,(H,17,18). The van der Waals surface area contributed by atoms with Crippen LogP contribution >= 0.6 is 46.4 Å². The molecule has 0 bridgehead atoms. The Labute approximate surface area is 123 Å². The Morgan fingerprint density at radius 3 is 2.00 bits per heavy atom. The van der Waals surface area contributed by atoms with E-state index in [0.29, 0.717) is 0 Å². The highest BCUT2D eigenvalue weighted by Crippen LogP contribution is 2.45. The number of aromatic carboxylic acids is 1. The SMILES string of the molecule is CN(C)N=Nc1c(Cl)c(Cl)c(Cl)c(Cl)c1C(=O)O. The average Bonchev–Trinajstić information content (AvgIpc) is 2.28. The van der Waals surface area contributed by atoms with Gasteiger partial charge in [-0.3, -0.25) is 5.01 Å². The van der Waals surface area contributed by atoms with E-state index in [1.54, 1.807) is 14.1 Å². The summed E-state index contributed by atoms with van der Waals surface area (Å²) in [4.78, 5) is 11.1. The molecule has 18 heavy (non-hydrogen) atoms. The number of carbonyl (C=O) groups is 1. The summed E-state index contributed by atoms with van der Waals surface area (Å²) < 4.78 is 0. The molecular formula is C9H7Cl4N3O2. The van der Waals surface area contributed by atoms with Gasteiger partial charge in [0.05, 0.1) is 20.1 Å². The number of benzene rings is 1. The van der Waals surface area contributed by atoms with Crippen molar-refractivity contribution >= 4 is 58.1 Å². The normalized spacial score (nSPS) is 11.0. The molecule has 0 atom stereocenters. The number of halogens is 4. The Hall–Kier alpha value is -0.750. The summed E-state index contributed by atoms with van der Waals surface area (Å²) in [5, 5.41) is 17.3. The molecule has 0 heterocycles. The van der Waals surface area contributed by atoms with E-state index in [1.165, 1.54) is 5.01 Å². The highest BCUT2D eigenvalue weighted by Gasteiger charge is 2.25. The van der Waals surface area contributed by atoms with E-state index < -0.39 is 5.97 Å². The largest absolute Gasteiger partial charge is 0.478 e. The Bertz CT molecular complexity index is 531. The number of carboxylic acid groups (broad SMARTS) is 1. The zero-order valence-corrected chi connectivity index (χ0v) is 12.2. The highest BCUT2D eigenvalue weighted by molar-refractivity contribution is 6.53. The van der Waals surface area contributed by atoms with Gasteiger partial charge >= 0.3 is 5.97 Å². The molecule has 0 amide bonds. The van der Waals surface area contributed by atoms with Crippen molar-refractivity contribution in [1.29, 1.82) is 0 Å². The van der Waals surface area contributed by atoms with Crippen molar-refractivity contribution in [1.82, 2.24) is 5.01 Å². The molecule has 0 saturated heterocycles. The first-order chi connectivity index (χ1) is 8.27. The molecule has 98 valence electrons. The average molecular weight is 331 g/mol. The summed E-state index contributed by atoms with van der Waals surface area (Å²) in [5.74, 6) is -1.33. The maximum atomic E-state index is 11.1. The lowest BCUT2D eigenvalue weighted by molar-refractivity contribution is 0.0698. The summed E-state index contributed by atoms with van der Waals surface area (Å²) in [6.45, 7) is 0. The van der Waals surface area contributed by atoms with Crippen LogP contribution in [0.4, 0.5) is 5.69 Å². The van der Waals surface area contributed by atoms with Gasteiger partial charge in [-0.05, 0) is 0 Å². The van der Waals surface area contributed by atoms with Gasteiger partial charge in [0.2, 0.25) is 0 Å². The summed E-state index contributed by atoms with van der Waals surface area (Å²) in [6.07, 6.45) is 0. The summed E-state index contributed by atoms with van der Waals surface area (Å²) in [7, 11) is 3.22. The van der Waals surface area contributed by atoms with Crippen LogP contribution in [0.5, 0.6) is 0 Å². The van der Waals surface area contributed by atoms with Crippen molar-refractivity contribution in [3.63, 3.8) is 0 Å². The summed E-state index contributed by atoms with van der Waals surface area (Å²) >= 11 is 23.3. The molecule has 0 fully saturated rings. The molecule has 5 nitrogen and oxygen atoms in total. The number of hydrogen-bond acceptors (Lipinski definition) is 3. The molecule has 0 saturated carbocycles. The van der Waals surface area contributed by atoms with E-state index in [4.69, 9.17) is 51.5 Å². The molecule has 0 spiro atoms. The number of hydrogen-bond donors (Lipinski definition) is 1. The third-order valence-electron chi connectivity index (χ3n) is 1.78. The van der Waals surface area contributed by atoms with Gasteiger partial charge in [-0.2, -0.15) is 0 Å². The third kappa shape index (κ3) is 2.98. The van der Waals surface area contributed by atoms with Crippen molar-refractivity contribution in [2.24, 2.45) is 10.3 Å². The van der Waals surface area contributed by atoms with Crippen LogP contribution in [0.2, 0.25) is 20.1 Å². The number of rotatable bonds is 3. The van der Waals surface area contributed by atoms with Crippen molar-refractivity contribution in [3.05, 3.63) is 25.7 Å². The quantitative estimate of drug-likeness (QED) is 0.382. The van der Waals surface area contributed by atoms with E-state index in [0.717, 1.165) is 0 Å². The molecule has 0 aliphatic heterocycles. The molecule has 0 aliphatic rings. The van der Waals surface area contributed by atoms with Gasteiger partial charge in [0, 0.05) is 14.1 Å². The van der Waals surface area contributed by atoms with Crippen LogP contribution < -0.4 is 0 Å². The smallest absolute Gasteiger partial charge is 0.339 e. The van der Waals surface area contributed by atoms with Gasteiger partial charge in [-0.1, -0.05) is 51.6 Å². The predicted molar refractivity (Wildman–Crippen MR) is 71.6 cm³/mol. The van der Waals surface area contributed by atoms with Crippen LogP contribution in [0.25, 0.3) is 0 Å². The minimum atomic E-state index is -1.33. The van der Waals surface area contributed by atoms with Gasteiger partial charge in [-0.25, -0.2) is 4.79 Å². The second kappa shape index (κ2) is 5.93. The molecule has 1 rings (SSSR count). The molecule has 1 aromatic carbocycles. The van der Waals surface area contributed by atoms with Crippen molar-refractivity contribution in [3.8, 4) is 0 Å². The summed E-state index contributed by atoms with van der Waals surface area (Å²) in [5.41, 5.74) is -0.487. The molecular weight excluding hydrogens is 324 g/mol. The van der Waals surface area contributed by atoms with Crippen LogP contribution in [-0.2, 0) is 0 Å². The predicted octanol–water partition coefficient (Wildman–Crippen LogP) is 4.56. The maximum absolute atomic E-state index is 11.1. The number of carboxylic acids is 1. The molecule has 1 N–H and O–H groups in total. The van der Waals surface area contributed by atoms with E-state index in [-0.39, 0.29) is 31.3 Å². The van der Waals surface area contributed by atoms with E-state index in [1.807, 2.05) is 0 Å². The zero-order valence-electron chi connectivity index (χ0n) is 9.21. The Balaban J connectivity index is 3.61. The fourth-order valence-electron chi connectivity index (χ4n) is 1.04. The minimum Gasteiger partial charge on any atom is -0.478 e. The Morgan fingerprint density at radius 2 is 1.56 bits per heavy atom. The summed E-state index contributed by atoms with van der Waals surface area (Å²) in [6, 6.07) is 0. The molecule has 1 aromatic rings. The fourth-order valence-corrected chi connectivity index (χ4v) is 2.00. The van der Waals surface area contributed by atoms with Gasteiger partial charge in [0.1, 0.15) is 11.3 Å². The minimum absolute atomic E-state index is 0.0685. The van der Waals surface area contributed by atoms with Crippen LogP contribution in [0, 0.1) is 0 Å². The fraction of sp³-hybridized carbons (Fsp3) is 0.222. The number of nitrogens with zero attached hydrogens (tertiary/aromatic N) is 3. The van der Waals surface area contributed by atoms with Gasteiger partial charge < -0.3 is 5.11 Å². The molecule has 0 unspecified atom stereocenters. The van der Waals surface area contributed by atoms with Gasteiger partial charge in [-0.15, -0.1) is 5.11 Å². The first-order valence-corrected chi connectivity index (χ1v) is 5.96. The monoisotopic (exact) mass is 329 g/mol. The van der Waals surface area contributed by atoms with Crippen molar-refractivity contribution in [2.45, 2.75) is 0 Å².